The summed E-state index contributed by atoms with van der Waals surface area (Å²) in [6.07, 6.45) is 6.71. The van der Waals surface area contributed by atoms with Crippen LogP contribution in [0, 0.1) is 0 Å². The van der Waals surface area contributed by atoms with E-state index in [9.17, 15) is 4.79 Å². The van der Waals surface area contributed by atoms with Gasteiger partial charge in [-0.05, 0) is 30.4 Å². The summed E-state index contributed by atoms with van der Waals surface area (Å²) in [5.74, 6) is 1.32. The number of nitrogens with one attached hydrogen (secondary N) is 1. The van der Waals surface area contributed by atoms with Gasteiger partial charge in [0.25, 0.3) is 5.22 Å². The van der Waals surface area contributed by atoms with Gasteiger partial charge >= 0.3 is 0 Å². The number of amides is 1. The van der Waals surface area contributed by atoms with Crippen molar-refractivity contribution in [2.24, 2.45) is 0 Å². The van der Waals surface area contributed by atoms with E-state index in [0.29, 0.717) is 11.1 Å². The van der Waals surface area contributed by atoms with Crippen molar-refractivity contribution in [2.45, 2.75) is 55.7 Å². The van der Waals surface area contributed by atoms with Gasteiger partial charge in [-0.15, -0.1) is 10.2 Å². The average molecular weight is 422 g/mol. The fourth-order valence-electron chi connectivity index (χ4n) is 3.94. The molecule has 1 aliphatic carbocycles. The Morgan fingerprint density at radius 3 is 2.43 bits per heavy atom. The monoisotopic (exact) mass is 421 g/mol. The molecule has 1 amide bonds. The van der Waals surface area contributed by atoms with Crippen LogP contribution >= 0.6 is 11.8 Å². The van der Waals surface area contributed by atoms with Gasteiger partial charge < -0.3 is 9.73 Å². The van der Waals surface area contributed by atoms with Crippen molar-refractivity contribution in [3.05, 3.63) is 77.7 Å². The first-order valence-electron chi connectivity index (χ1n) is 10.6. The largest absolute Gasteiger partial charge is 0.416 e. The number of hydrogen-bond acceptors (Lipinski definition) is 5. The number of rotatable bonds is 8. The van der Waals surface area contributed by atoms with Crippen LogP contribution in [0.15, 0.2) is 70.3 Å². The van der Waals surface area contributed by atoms with E-state index in [4.69, 9.17) is 4.42 Å². The summed E-state index contributed by atoms with van der Waals surface area (Å²) in [7, 11) is 0. The zero-order valence-corrected chi connectivity index (χ0v) is 17.8. The molecule has 4 rings (SSSR count). The normalized spacial score (nSPS) is 15.6. The summed E-state index contributed by atoms with van der Waals surface area (Å²) in [6, 6.07) is 20.2. The highest BCUT2D eigenvalue weighted by Gasteiger charge is 2.22. The summed E-state index contributed by atoms with van der Waals surface area (Å²) >= 11 is 1.30. The predicted octanol–water partition coefficient (Wildman–Crippen LogP) is 5.31. The summed E-state index contributed by atoms with van der Waals surface area (Å²) in [5.41, 5.74) is 2.28. The van der Waals surface area contributed by atoms with Crippen LogP contribution in [0.2, 0.25) is 0 Å². The Labute approximate surface area is 181 Å². The van der Waals surface area contributed by atoms with Crippen LogP contribution in [0.1, 0.15) is 61.1 Å². The first kappa shape index (κ1) is 20.7. The lowest BCUT2D eigenvalue weighted by atomic mass is 9.89. The fraction of sp³-hybridized carbons (Fsp3) is 0.375. The van der Waals surface area contributed by atoms with Crippen LogP contribution in [0.3, 0.4) is 0 Å². The molecule has 6 heteroatoms. The minimum atomic E-state index is -0.0813. The third kappa shape index (κ3) is 5.72. The minimum Gasteiger partial charge on any atom is -0.416 e. The summed E-state index contributed by atoms with van der Waals surface area (Å²) < 4.78 is 5.82. The molecule has 0 saturated heterocycles. The maximum Gasteiger partial charge on any atom is 0.277 e. The fourth-order valence-corrected chi connectivity index (χ4v) is 4.52. The van der Waals surface area contributed by atoms with E-state index in [1.165, 1.54) is 36.6 Å². The number of carbonyl (C=O) groups excluding carboxylic acids is 1. The summed E-state index contributed by atoms with van der Waals surface area (Å²) in [5, 5.41) is 12.0. The van der Waals surface area contributed by atoms with Gasteiger partial charge in [0.05, 0.1) is 11.8 Å². The Morgan fingerprint density at radius 1 is 1.00 bits per heavy atom. The topological polar surface area (TPSA) is 68.0 Å². The molecule has 1 aromatic heterocycles. The minimum absolute atomic E-state index is 0.0396. The van der Waals surface area contributed by atoms with Crippen LogP contribution in [0.5, 0.6) is 0 Å². The molecule has 1 N–H and O–H groups in total. The lowest BCUT2D eigenvalue weighted by molar-refractivity contribution is -0.119. The number of nitrogens with zero attached hydrogens (tertiary/aromatic N) is 2. The van der Waals surface area contributed by atoms with Crippen LogP contribution in [-0.4, -0.2) is 21.9 Å². The number of carbonyl (C=O) groups is 1. The van der Waals surface area contributed by atoms with Gasteiger partial charge in [-0.3, -0.25) is 4.79 Å². The average Bonchev–Trinajstić information content (AvgIpc) is 3.28. The van der Waals surface area contributed by atoms with Crippen LogP contribution in [0.25, 0.3) is 0 Å². The molecule has 2 aromatic carbocycles. The van der Waals surface area contributed by atoms with Gasteiger partial charge in [0.15, 0.2) is 0 Å². The first-order chi connectivity index (χ1) is 14.8. The number of benzene rings is 2. The highest BCUT2D eigenvalue weighted by molar-refractivity contribution is 7.99. The Hall–Kier alpha value is -2.60. The van der Waals surface area contributed by atoms with Crippen molar-refractivity contribution in [1.29, 1.82) is 0 Å². The molecule has 1 atom stereocenters. The number of hydrogen-bond donors (Lipinski definition) is 1. The van der Waals surface area contributed by atoms with E-state index >= 15 is 0 Å². The van der Waals surface area contributed by atoms with Gasteiger partial charge in [0.1, 0.15) is 0 Å². The highest BCUT2D eigenvalue weighted by Crippen LogP contribution is 2.33. The molecule has 0 radical (unpaired) electrons. The molecule has 30 heavy (non-hydrogen) atoms. The standard InChI is InChI=1S/C24H27N3O2S/c28-22(17-30-24-27-26-23(29-24)20-14-8-3-9-15-20)25-21(19-12-6-2-7-13-19)16-18-10-4-1-5-11-18/h1-2,4-7,10-13,20-21H,3,8-9,14-17H2,(H,25,28)/t21-/m1/s1. The molecule has 0 spiro atoms. The Morgan fingerprint density at radius 2 is 1.70 bits per heavy atom. The van der Waals surface area contributed by atoms with Gasteiger partial charge in [0, 0.05) is 5.92 Å². The van der Waals surface area contributed by atoms with Crippen molar-refractivity contribution < 1.29 is 9.21 Å². The lowest BCUT2D eigenvalue weighted by Gasteiger charge is -2.19. The van der Waals surface area contributed by atoms with Crippen molar-refractivity contribution >= 4 is 17.7 Å². The maximum atomic E-state index is 12.7. The second-order valence-electron chi connectivity index (χ2n) is 7.75. The van der Waals surface area contributed by atoms with Crippen molar-refractivity contribution in [3.8, 4) is 0 Å². The third-order valence-electron chi connectivity index (χ3n) is 5.52. The Bertz CT molecular complexity index is 924. The SMILES string of the molecule is O=C(CSc1nnc(C2CCCCC2)o1)N[C@H](Cc1ccccc1)c1ccccc1. The lowest BCUT2D eigenvalue weighted by Crippen LogP contribution is -2.31. The quantitative estimate of drug-likeness (QED) is 0.499. The predicted molar refractivity (Wildman–Crippen MR) is 118 cm³/mol. The van der Waals surface area contributed by atoms with E-state index in [2.05, 4.69) is 39.8 Å². The molecule has 1 heterocycles. The van der Waals surface area contributed by atoms with E-state index in [-0.39, 0.29) is 17.7 Å². The molecule has 1 saturated carbocycles. The van der Waals surface area contributed by atoms with Gasteiger partial charge in [-0.2, -0.15) is 0 Å². The molecule has 0 aliphatic heterocycles. The Balaban J connectivity index is 1.35. The first-order valence-corrected chi connectivity index (χ1v) is 11.6. The van der Waals surface area contributed by atoms with Gasteiger partial charge in [-0.25, -0.2) is 0 Å². The van der Waals surface area contributed by atoms with E-state index in [0.717, 1.165) is 30.7 Å². The molecule has 1 fully saturated rings. The second-order valence-corrected chi connectivity index (χ2v) is 8.68. The molecular formula is C24H27N3O2S. The molecule has 3 aromatic rings. The number of thioether (sulfide) groups is 1. The molecule has 1 aliphatic rings. The smallest absolute Gasteiger partial charge is 0.277 e. The molecule has 5 nitrogen and oxygen atoms in total. The van der Waals surface area contributed by atoms with E-state index in [1.54, 1.807) is 0 Å². The van der Waals surface area contributed by atoms with Crippen molar-refractivity contribution in [1.82, 2.24) is 15.5 Å². The molecule has 156 valence electrons. The summed E-state index contributed by atoms with van der Waals surface area (Å²) in [6.45, 7) is 0. The van der Waals surface area contributed by atoms with Crippen LogP contribution in [0.4, 0.5) is 0 Å². The van der Waals surface area contributed by atoms with E-state index in [1.807, 2.05) is 36.4 Å². The van der Waals surface area contributed by atoms with Crippen molar-refractivity contribution in [2.75, 3.05) is 5.75 Å². The van der Waals surface area contributed by atoms with Crippen molar-refractivity contribution in [3.63, 3.8) is 0 Å². The third-order valence-corrected chi connectivity index (χ3v) is 6.34. The van der Waals surface area contributed by atoms with Crippen LogP contribution < -0.4 is 5.32 Å². The van der Waals surface area contributed by atoms with Crippen LogP contribution in [-0.2, 0) is 11.2 Å². The van der Waals surface area contributed by atoms with Gasteiger partial charge in [0.2, 0.25) is 11.8 Å². The molecular weight excluding hydrogens is 394 g/mol. The molecule has 0 bridgehead atoms. The Kier molecular flexibility index (Phi) is 7.19. The zero-order valence-electron chi connectivity index (χ0n) is 17.0. The highest BCUT2D eigenvalue weighted by atomic mass is 32.2. The van der Waals surface area contributed by atoms with Gasteiger partial charge in [-0.1, -0.05) is 91.7 Å². The van der Waals surface area contributed by atoms with E-state index < -0.39 is 0 Å². The summed E-state index contributed by atoms with van der Waals surface area (Å²) in [4.78, 5) is 12.7. The molecule has 0 unspecified atom stereocenters. The second kappa shape index (κ2) is 10.4. The maximum absolute atomic E-state index is 12.7. The number of aromatic nitrogens is 2. The zero-order chi connectivity index (χ0) is 20.6.